The summed E-state index contributed by atoms with van der Waals surface area (Å²) in [6, 6.07) is 4.74. The van der Waals surface area contributed by atoms with Crippen LogP contribution in [-0.2, 0) is 6.18 Å². The van der Waals surface area contributed by atoms with Crippen molar-refractivity contribution in [3.8, 4) is 0 Å². The highest BCUT2D eigenvalue weighted by atomic mass is 79.9. The molecule has 0 aliphatic carbocycles. The summed E-state index contributed by atoms with van der Waals surface area (Å²) >= 11 is 2.95. The third kappa shape index (κ3) is 3.40. The molecule has 0 saturated carbocycles. The molecular formula is C11H6BrF4N3. The molecule has 0 radical (unpaired) electrons. The van der Waals surface area contributed by atoms with Crippen molar-refractivity contribution in [3.63, 3.8) is 0 Å². The van der Waals surface area contributed by atoms with Crippen LogP contribution in [0.5, 0.6) is 0 Å². The van der Waals surface area contributed by atoms with Crippen LogP contribution in [0.1, 0.15) is 5.69 Å². The molecule has 8 heteroatoms. The van der Waals surface area contributed by atoms with Crippen molar-refractivity contribution in [1.29, 1.82) is 0 Å². The van der Waals surface area contributed by atoms with Gasteiger partial charge >= 0.3 is 6.18 Å². The van der Waals surface area contributed by atoms with Crippen LogP contribution in [0.3, 0.4) is 0 Å². The molecule has 0 spiro atoms. The van der Waals surface area contributed by atoms with Crippen LogP contribution in [-0.4, -0.2) is 9.97 Å². The van der Waals surface area contributed by atoms with Crippen LogP contribution in [0.15, 0.2) is 34.9 Å². The number of halogens is 5. The Hall–Kier alpha value is -1.70. The van der Waals surface area contributed by atoms with Crippen molar-refractivity contribution in [2.45, 2.75) is 6.18 Å². The molecule has 100 valence electrons. The van der Waals surface area contributed by atoms with Gasteiger partial charge in [0, 0.05) is 0 Å². The molecule has 0 fully saturated rings. The molecule has 2 rings (SSSR count). The van der Waals surface area contributed by atoms with E-state index in [1.54, 1.807) is 0 Å². The fraction of sp³-hybridized carbons (Fsp3) is 0.0909. The van der Waals surface area contributed by atoms with Gasteiger partial charge in [-0.05, 0) is 34.1 Å². The van der Waals surface area contributed by atoms with E-state index in [4.69, 9.17) is 0 Å². The van der Waals surface area contributed by atoms with Gasteiger partial charge in [0.2, 0.25) is 0 Å². The minimum Gasteiger partial charge on any atom is -0.325 e. The number of aromatic nitrogens is 2. The summed E-state index contributed by atoms with van der Waals surface area (Å²) in [5.74, 6) is -0.413. The molecule has 2 aromatic heterocycles. The lowest BCUT2D eigenvalue weighted by atomic mass is 10.3. The van der Waals surface area contributed by atoms with Crippen molar-refractivity contribution >= 4 is 27.6 Å². The number of alkyl halides is 3. The summed E-state index contributed by atoms with van der Waals surface area (Å²) in [5, 5.41) is 2.57. The van der Waals surface area contributed by atoms with Gasteiger partial charge in [-0.1, -0.05) is 6.07 Å². The zero-order valence-electron chi connectivity index (χ0n) is 9.17. The molecule has 1 N–H and O–H groups in total. The first-order valence-corrected chi connectivity index (χ1v) is 5.78. The summed E-state index contributed by atoms with van der Waals surface area (Å²) in [6.07, 6.45) is -3.57. The van der Waals surface area contributed by atoms with Crippen LogP contribution in [0.4, 0.5) is 29.2 Å². The highest BCUT2D eigenvalue weighted by Crippen LogP contribution is 2.28. The molecule has 0 saturated heterocycles. The lowest BCUT2D eigenvalue weighted by Crippen LogP contribution is -2.09. The number of nitrogens with zero attached hydrogens (tertiary/aromatic N) is 2. The molecular weight excluding hydrogens is 330 g/mol. The maximum atomic E-state index is 13.0. The monoisotopic (exact) mass is 335 g/mol. The minimum atomic E-state index is -4.52. The normalized spacial score (nSPS) is 11.4. The standard InChI is InChI=1S/C11H6BrF4N3/c12-6-4-10(17-5-7(6)13)19-9-3-1-2-8(18-9)11(14,15)16/h1-5H,(H,17,18,19). The summed E-state index contributed by atoms with van der Waals surface area (Å²) in [7, 11) is 0. The third-order valence-corrected chi connectivity index (χ3v) is 2.71. The van der Waals surface area contributed by atoms with E-state index in [1.165, 1.54) is 18.2 Å². The largest absolute Gasteiger partial charge is 0.433 e. The van der Waals surface area contributed by atoms with Gasteiger partial charge in [0.05, 0.1) is 10.7 Å². The van der Waals surface area contributed by atoms with Crippen LogP contribution < -0.4 is 5.32 Å². The van der Waals surface area contributed by atoms with E-state index in [1.807, 2.05) is 0 Å². The van der Waals surface area contributed by atoms with E-state index in [0.717, 1.165) is 12.3 Å². The number of anilines is 2. The van der Waals surface area contributed by atoms with E-state index in [0.29, 0.717) is 0 Å². The number of rotatable bonds is 2. The maximum absolute atomic E-state index is 13.0. The van der Waals surface area contributed by atoms with E-state index in [2.05, 4.69) is 31.2 Å². The van der Waals surface area contributed by atoms with Gasteiger partial charge in [-0.25, -0.2) is 14.4 Å². The molecule has 0 unspecified atom stereocenters. The second kappa shape index (κ2) is 5.12. The average Bonchev–Trinajstić information content (AvgIpc) is 2.33. The Labute approximate surface area is 113 Å². The fourth-order valence-corrected chi connectivity index (χ4v) is 1.60. The Kier molecular flexibility index (Phi) is 3.70. The summed E-state index contributed by atoms with van der Waals surface area (Å²) in [5.41, 5.74) is -1.02. The van der Waals surface area contributed by atoms with Crippen LogP contribution in [0.25, 0.3) is 0 Å². The summed E-state index contributed by atoms with van der Waals surface area (Å²) in [6.45, 7) is 0. The molecule has 0 bridgehead atoms. The number of nitrogens with one attached hydrogen (secondary N) is 1. The topological polar surface area (TPSA) is 37.8 Å². The van der Waals surface area contributed by atoms with Crippen molar-refractivity contribution in [1.82, 2.24) is 9.97 Å². The molecule has 0 atom stereocenters. The molecule has 0 amide bonds. The van der Waals surface area contributed by atoms with Crippen molar-refractivity contribution in [2.24, 2.45) is 0 Å². The maximum Gasteiger partial charge on any atom is 0.433 e. The van der Waals surface area contributed by atoms with E-state index >= 15 is 0 Å². The Morgan fingerprint density at radius 1 is 1.16 bits per heavy atom. The van der Waals surface area contributed by atoms with Crippen LogP contribution in [0, 0.1) is 5.82 Å². The average molecular weight is 336 g/mol. The molecule has 2 aromatic rings. The Morgan fingerprint density at radius 3 is 2.53 bits per heavy atom. The molecule has 19 heavy (non-hydrogen) atoms. The third-order valence-electron chi connectivity index (χ3n) is 2.10. The van der Waals surface area contributed by atoms with Crippen LogP contribution >= 0.6 is 15.9 Å². The van der Waals surface area contributed by atoms with Crippen molar-refractivity contribution in [2.75, 3.05) is 5.32 Å². The lowest BCUT2D eigenvalue weighted by Gasteiger charge is -2.09. The molecule has 0 aliphatic heterocycles. The molecule has 0 aromatic carbocycles. The van der Waals surface area contributed by atoms with E-state index in [9.17, 15) is 17.6 Å². The van der Waals surface area contributed by atoms with Crippen LogP contribution in [0.2, 0.25) is 0 Å². The molecule has 0 aliphatic rings. The predicted octanol–water partition coefficient (Wildman–Crippen LogP) is 4.14. The fourth-order valence-electron chi connectivity index (χ4n) is 1.28. The first kappa shape index (κ1) is 13.7. The predicted molar refractivity (Wildman–Crippen MR) is 64.4 cm³/mol. The highest BCUT2D eigenvalue weighted by molar-refractivity contribution is 9.10. The van der Waals surface area contributed by atoms with Gasteiger partial charge < -0.3 is 5.32 Å². The summed E-state index contributed by atoms with van der Waals surface area (Å²) < 4.78 is 50.5. The summed E-state index contributed by atoms with van der Waals surface area (Å²) in [4.78, 5) is 7.10. The Morgan fingerprint density at radius 2 is 1.89 bits per heavy atom. The zero-order chi connectivity index (χ0) is 14.0. The smallest absolute Gasteiger partial charge is 0.325 e. The zero-order valence-corrected chi connectivity index (χ0v) is 10.8. The SMILES string of the molecule is Fc1cnc(Nc2cccc(C(F)(F)F)n2)cc1Br. The number of pyridine rings is 2. The quantitative estimate of drug-likeness (QED) is 0.838. The first-order chi connectivity index (χ1) is 8.86. The molecule has 2 heterocycles. The van der Waals surface area contributed by atoms with Crippen molar-refractivity contribution < 1.29 is 17.6 Å². The first-order valence-electron chi connectivity index (χ1n) is 4.98. The number of hydrogen-bond donors (Lipinski definition) is 1. The van der Waals surface area contributed by atoms with Gasteiger partial charge in [0.1, 0.15) is 17.3 Å². The van der Waals surface area contributed by atoms with E-state index in [-0.39, 0.29) is 16.1 Å². The Bertz CT molecular complexity index is 601. The second-order valence-corrected chi connectivity index (χ2v) is 4.37. The van der Waals surface area contributed by atoms with Gasteiger partial charge in [0.25, 0.3) is 0 Å². The highest BCUT2D eigenvalue weighted by Gasteiger charge is 2.32. The van der Waals surface area contributed by atoms with Gasteiger partial charge in [-0.2, -0.15) is 13.2 Å². The van der Waals surface area contributed by atoms with Gasteiger partial charge in [-0.15, -0.1) is 0 Å². The Balaban J connectivity index is 2.26. The second-order valence-electron chi connectivity index (χ2n) is 3.51. The number of hydrogen-bond acceptors (Lipinski definition) is 3. The minimum absolute atomic E-state index is 0.0270. The van der Waals surface area contributed by atoms with Crippen molar-refractivity contribution in [3.05, 3.63) is 46.4 Å². The lowest BCUT2D eigenvalue weighted by molar-refractivity contribution is -0.141. The molecule has 3 nitrogen and oxygen atoms in total. The van der Waals surface area contributed by atoms with E-state index < -0.39 is 17.7 Å². The van der Waals surface area contributed by atoms with Gasteiger partial charge in [-0.3, -0.25) is 0 Å². The van der Waals surface area contributed by atoms with Gasteiger partial charge in [0.15, 0.2) is 5.82 Å².